The van der Waals surface area contributed by atoms with Crippen LogP contribution in [-0.4, -0.2) is 32.6 Å². The van der Waals surface area contributed by atoms with Gasteiger partial charge in [0.15, 0.2) is 0 Å². The molecule has 0 saturated heterocycles. The largest absolute Gasteiger partial charge is 0.353 e. The highest BCUT2D eigenvalue weighted by Crippen LogP contribution is 2.52. The molecule has 0 heterocycles. The van der Waals surface area contributed by atoms with Gasteiger partial charge in [0.1, 0.15) is 0 Å². The van der Waals surface area contributed by atoms with E-state index in [0.717, 1.165) is 25.7 Å². The molecule has 8 heteroatoms. The van der Waals surface area contributed by atoms with Crippen LogP contribution in [-0.2, 0) is 27.2 Å². The van der Waals surface area contributed by atoms with Crippen LogP contribution < -0.4 is 0 Å². The second-order valence-electron chi connectivity index (χ2n) is 4.93. The number of unbranched alkanes of at least 4 members (excludes halogenated alkanes) is 2. The summed E-state index contributed by atoms with van der Waals surface area (Å²) in [5.41, 5.74) is 0. The summed E-state index contributed by atoms with van der Waals surface area (Å²) >= 11 is 0. The summed E-state index contributed by atoms with van der Waals surface area (Å²) in [6, 6.07) is 0. The highest BCUT2D eigenvalue weighted by Gasteiger charge is 2.24. The molecular weight excluding hydrogens is 338 g/mol. The second kappa shape index (κ2) is 13.3. The molecule has 0 aliphatic carbocycles. The topological polar surface area (TPSA) is 71.1 Å². The fourth-order valence-electron chi connectivity index (χ4n) is 1.63. The Kier molecular flexibility index (Phi) is 13.4. The van der Waals surface area contributed by atoms with Gasteiger partial charge in [0.25, 0.3) is 0 Å². The quantitative estimate of drug-likeness (QED) is 0.276. The number of rotatable bonds is 15. The van der Waals surface area contributed by atoms with Gasteiger partial charge in [0.05, 0.1) is 32.6 Å². The zero-order chi connectivity index (χ0) is 17.6. The van der Waals surface area contributed by atoms with Crippen molar-refractivity contribution in [3.05, 3.63) is 11.9 Å². The lowest BCUT2D eigenvalue weighted by Gasteiger charge is -2.17. The molecule has 0 spiro atoms. The zero-order valence-corrected chi connectivity index (χ0v) is 16.7. The summed E-state index contributed by atoms with van der Waals surface area (Å²) in [5, 5.41) is 0. The molecule has 0 aromatic rings. The van der Waals surface area contributed by atoms with Crippen LogP contribution >= 0.6 is 15.2 Å². The van der Waals surface area contributed by atoms with Crippen molar-refractivity contribution in [2.24, 2.45) is 0 Å². The molecule has 0 aliphatic heterocycles. The molecule has 23 heavy (non-hydrogen) atoms. The summed E-state index contributed by atoms with van der Waals surface area (Å²) in [5.74, 6) is 1.35. The Morgan fingerprint density at radius 1 is 0.783 bits per heavy atom. The first-order chi connectivity index (χ1) is 10.9. The lowest BCUT2D eigenvalue weighted by atomic mass is 10.4. The van der Waals surface area contributed by atoms with E-state index >= 15 is 0 Å². The van der Waals surface area contributed by atoms with Crippen LogP contribution in [0.2, 0.25) is 0 Å². The Morgan fingerprint density at radius 2 is 1.26 bits per heavy atom. The van der Waals surface area contributed by atoms with Gasteiger partial charge in [0, 0.05) is 5.82 Å². The molecule has 0 unspecified atom stereocenters. The van der Waals surface area contributed by atoms with Crippen molar-refractivity contribution in [2.75, 3.05) is 32.6 Å². The fourth-order valence-corrected chi connectivity index (χ4v) is 4.59. The van der Waals surface area contributed by atoms with Crippen LogP contribution in [0, 0.1) is 0 Å². The van der Waals surface area contributed by atoms with Crippen LogP contribution in [0.5, 0.6) is 0 Å². The van der Waals surface area contributed by atoms with Crippen molar-refractivity contribution < 1.29 is 27.2 Å². The van der Waals surface area contributed by atoms with Gasteiger partial charge in [-0.15, -0.1) is 0 Å². The SMILES string of the molecule is CCCCOP(=O)(C/C=C/P(=O)(OCC)OCC)OCCCC. The maximum atomic E-state index is 12.7. The van der Waals surface area contributed by atoms with E-state index in [1.165, 1.54) is 11.9 Å². The molecule has 0 fully saturated rings. The van der Waals surface area contributed by atoms with Crippen molar-refractivity contribution in [1.29, 1.82) is 0 Å². The lowest BCUT2D eigenvalue weighted by Crippen LogP contribution is -2.02. The van der Waals surface area contributed by atoms with E-state index in [1.807, 2.05) is 13.8 Å². The summed E-state index contributed by atoms with van der Waals surface area (Å²) in [7, 11) is -6.50. The molecule has 138 valence electrons. The molecule has 0 aromatic carbocycles. The Morgan fingerprint density at radius 3 is 1.65 bits per heavy atom. The summed E-state index contributed by atoms with van der Waals surface area (Å²) < 4.78 is 46.3. The van der Waals surface area contributed by atoms with Gasteiger partial charge < -0.3 is 18.1 Å². The lowest BCUT2D eigenvalue weighted by molar-refractivity contribution is 0.202. The minimum atomic E-state index is -3.28. The maximum Gasteiger partial charge on any atom is 0.353 e. The van der Waals surface area contributed by atoms with Gasteiger partial charge in [-0.3, -0.25) is 9.13 Å². The third-order valence-corrected chi connectivity index (χ3v) is 6.43. The molecule has 0 saturated carbocycles. The van der Waals surface area contributed by atoms with Gasteiger partial charge in [-0.05, 0) is 26.7 Å². The van der Waals surface area contributed by atoms with Gasteiger partial charge in [-0.25, -0.2) is 0 Å². The summed E-state index contributed by atoms with van der Waals surface area (Å²) in [4.78, 5) is 0. The minimum Gasteiger partial charge on any atom is -0.308 e. The van der Waals surface area contributed by atoms with Crippen molar-refractivity contribution in [3.63, 3.8) is 0 Å². The van der Waals surface area contributed by atoms with Crippen molar-refractivity contribution in [3.8, 4) is 0 Å². The molecule has 0 amide bonds. The van der Waals surface area contributed by atoms with Crippen molar-refractivity contribution in [1.82, 2.24) is 0 Å². The molecule has 0 aliphatic rings. The average molecular weight is 370 g/mol. The van der Waals surface area contributed by atoms with Crippen molar-refractivity contribution >= 4 is 15.2 Å². The number of allylic oxidation sites excluding steroid dienone is 1. The first-order valence-corrected chi connectivity index (χ1v) is 11.7. The fraction of sp³-hybridized carbons (Fsp3) is 0.867. The highest BCUT2D eigenvalue weighted by molar-refractivity contribution is 7.57. The van der Waals surface area contributed by atoms with Gasteiger partial charge in [-0.2, -0.15) is 0 Å². The normalized spacial score (nSPS) is 13.0. The van der Waals surface area contributed by atoms with Crippen LogP contribution in [0.25, 0.3) is 0 Å². The van der Waals surface area contributed by atoms with Crippen LogP contribution in [0.15, 0.2) is 11.9 Å². The molecule has 0 N–H and O–H groups in total. The molecular formula is C15H32O6P2. The van der Waals surface area contributed by atoms with E-state index in [1.54, 1.807) is 13.8 Å². The van der Waals surface area contributed by atoms with Crippen LogP contribution in [0.4, 0.5) is 0 Å². The van der Waals surface area contributed by atoms with Gasteiger partial charge in [-0.1, -0.05) is 32.8 Å². The minimum absolute atomic E-state index is 0.0601. The van der Waals surface area contributed by atoms with E-state index in [2.05, 4.69) is 0 Å². The average Bonchev–Trinajstić information content (AvgIpc) is 2.48. The molecule has 0 atom stereocenters. The third kappa shape index (κ3) is 11.3. The molecule has 0 bridgehead atoms. The summed E-state index contributed by atoms with van der Waals surface area (Å²) in [6.07, 6.45) is 5.13. The molecule has 0 aromatic heterocycles. The molecule has 0 rings (SSSR count). The van der Waals surface area contributed by atoms with E-state index < -0.39 is 15.2 Å². The molecule has 0 radical (unpaired) electrons. The summed E-state index contributed by atoms with van der Waals surface area (Å²) in [6.45, 7) is 8.89. The monoisotopic (exact) mass is 370 g/mol. The van der Waals surface area contributed by atoms with Crippen LogP contribution in [0.3, 0.4) is 0 Å². The van der Waals surface area contributed by atoms with Crippen molar-refractivity contribution in [2.45, 2.75) is 53.4 Å². The zero-order valence-electron chi connectivity index (χ0n) is 14.9. The van der Waals surface area contributed by atoms with Gasteiger partial charge >= 0.3 is 15.2 Å². The standard InChI is InChI=1S/C15H32O6P2/c1-5-9-12-20-23(17,21-13-10-6-2)15-11-14-22(16,18-7-3)19-8-4/h11,14H,5-10,12-13,15H2,1-4H3/b14-11+. The van der Waals surface area contributed by atoms with E-state index in [4.69, 9.17) is 18.1 Å². The second-order valence-corrected chi connectivity index (χ2v) is 8.92. The first kappa shape index (κ1) is 23.0. The smallest absolute Gasteiger partial charge is 0.308 e. The first-order valence-electron chi connectivity index (χ1n) is 8.39. The maximum absolute atomic E-state index is 12.7. The number of hydrogen-bond donors (Lipinski definition) is 0. The van der Waals surface area contributed by atoms with Crippen LogP contribution in [0.1, 0.15) is 53.4 Å². The van der Waals surface area contributed by atoms with Gasteiger partial charge in [0.2, 0.25) is 0 Å². The van der Waals surface area contributed by atoms with E-state index in [-0.39, 0.29) is 19.4 Å². The molecule has 6 nitrogen and oxygen atoms in total. The highest BCUT2D eigenvalue weighted by atomic mass is 31.2. The van der Waals surface area contributed by atoms with E-state index in [9.17, 15) is 9.13 Å². The van der Waals surface area contributed by atoms with E-state index in [0.29, 0.717) is 13.2 Å². The predicted molar refractivity (Wildman–Crippen MR) is 94.2 cm³/mol. The Balaban J connectivity index is 4.75. The third-order valence-electron chi connectivity index (χ3n) is 2.81. The number of hydrogen-bond acceptors (Lipinski definition) is 6. The Hall–Kier alpha value is 0.0400. The predicted octanol–water partition coefficient (Wildman–Crippen LogP) is 5.59. The Bertz CT molecular complexity index is 387. The Labute approximate surface area is 141 Å².